The molecule has 1 fully saturated rings. The molecule has 0 saturated carbocycles. The number of piperidine rings is 1. The lowest BCUT2D eigenvalue weighted by molar-refractivity contribution is 0.0592. The van der Waals surface area contributed by atoms with Gasteiger partial charge in [-0.1, -0.05) is 6.07 Å². The Bertz CT molecular complexity index is 403. The second-order valence-electron chi connectivity index (χ2n) is 4.36. The molecule has 0 aliphatic carbocycles. The first-order chi connectivity index (χ1) is 8.79. The predicted molar refractivity (Wildman–Crippen MR) is 66.7 cm³/mol. The molecule has 1 aliphatic rings. The first-order valence-corrected chi connectivity index (χ1v) is 6.18. The van der Waals surface area contributed by atoms with Gasteiger partial charge in [0.25, 0.3) is 0 Å². The number of carbonyl (C=O) groups is 1. The summed E-state index contributed by atoms with van der Waals surface area (Å²) in [5.41, 5.74) is 0.278. The summed E-state index contributed by atoms with van der Waals surface area (Å²) < 4.78 is 10.3. The average molecular weight is 250 g/mol. The lowest BCUT2D eigenvalue weighted by atomic mass is 9.99. The number of rotatable bonds is 4. The van der Waals surface area contributed by atoms with E-state index in [2.05, 4.69) is 15.0 Å². The van der Waals surface area contributed by atoms with Crippen molar-refractivity contribution in [2.75, 3.05) is 26.8 Å². The minimum Gasteiger partial charge on any atom is -0.477 e. The van der Waals surface area contributed by atoms with E-state index in [-0.39, 0.29) is 5.69 Å². The topological polar surface area (TPSA) is 60.5 Å². The summed E-state index contributed by atoms with van der Waals surface area (Å²) in [4.78, 5) is 15.4. The summed E-state index contributed by atoms with van der Waals surface area (Å²) in [6, 6.07) is 5.12. The van der Waals surface area contributed by atoms with Gasteiger partial charge in [-0.05, 0) is 37.9 Å². The molecule has 1 aromatic rings. The van der Waals surface area contributed by atoms with Crippen molar-refractivity contribution in [2.45, 2.75) is 12.8 Å². The van der Waals surface area contributed by atoms with Crippen molar-refractivity contribution in [1.29, 1.82) is 0 Å². The molecule has 98 valence electrons. The Labute approximate surface area is 107 Å². The Morgan fingerprint density at radius 1 is 1.44 bits per heavy atom. The molecule has 5 heteroatoms. The fourth-order valence-electron chi connectivity index (χ4n) is 1.97. The van der Waals surface area contributed by atoms with Gasteiger partial charge in [0.1, 0.15) is 0 Å². The molecule has 0 spiro atoms. The van der Waals surface area contributed by atoms with E-state index in [0.717, 1.165) is 25.9 Å². The lowest BCUT2D eigenvalue weighted by Crippen LogP contribution is -2.30. The van der Waals surface area contributed by atoms with Crippen LogP contribution in [0.1, 0.15) is 23.3 Å². The molecular formula is C13H18N2O3. The van der Waals surface area contributed by atoms with E-state index >= 15 is 0 Å². The summed E-state index contributed by atoms with van der Waals surface area (Å²) in [6.07, 6.45) is 2.24. The standard InChI is InChI=1S/C13H18N2O3/c1-17-13(16)11-3-2-4-12(15-11)18-9-10-5-7-14-8-6-10/h2-4,10,14H,5-9H2,1H3. The number of pyridine rings is 1. The van der Waals surface area contributed by atoms with Crippen molar-refractivity contribution in [3.8, 4) is 5.88 Å². The maximum absolute atomic E-state index is 11.3. The maximum atomic E-state index is 11.3. The van der Waals surface area contributed by atoms with Gasteiger partial charge in [-0.3, -0.25) is 0 Å². The van der Waals surface area contributed by atoms with Crippen LogP contribution >= 0.6 is 0 Å². The van der Waals surface area contributed by atoms with E-state index in [1.807, 2.05) is 0 Å². The minimum absolute atomic E-state index is 0.278. The van der Waals surface area contributed by atoms with Gasteiger partial charge in [0, 0.05) is 6.07 Å². The van der Waals surface area contributed by atoms with Gasteiger partial charge in [-0.15, -0.1) is 0 Å². The SMILES string of the molecule is COC(=O)c1cccc(OCC2CCNCC2)n1. The van der Waals surface area contributed by atoms with Crippen molar-refractivity contribution in [2.24, 2.45) is 5.92 Å². The van der Waals surface area contributed by atoms with Crippen LogP contribution in [0.25, 0.3) is 0 Å². The smallest absolute Gasteiger partial charge is 0.356 e. The van der Waals surface area contributed by atoms with Crippen LogP contribution in [0.3, 0.4) is 0 Å². The fourth-order valence-corrected chi connectivity index (χ4v) is 1.97. The van der Waals surface area contributed by atoms with Crippen molar-refractivity contribution in [3.63, 3.8) is 0 Å². The average Bonchev–Trinajstić information content (AvgIpc) is 2.45. The highest BCUT2D eigenvalue weighted by Gasteiger charge is 2.14. The van der Waals surface area contributed by atoms with Crippen molar-refractivity contribution < 1.29 is 14.3 Å². The van der Waals surface area contributed by atoms with Crippen LogP contribution in [0.5, 0.6) is 5.88 Å². The van der Waals surface area contributed by atoms with Crippen LogP contribution in [-0.2, 0) is 4.74 Å². The predicted octanol–water partition coefficient (Wildman–Crippen LogP) is 1.25. The van der Waals surface area contributed by atoms with Crippen LogP contribution in [0.15, 0.2) is 18.2 Å². The third-order valence-corrected chi connectivity index (χ3v) is 3.04. The highest BCUT2D eigenvalue weighted by Crippen LogP contribution is 2.15. The van der Waals surface area contributed by atoms with Crippen LogP contribution in [-0.4, -0.2) is 37.8 Å². The number of ether oxygens (including phenoxy) is 2. The second kappa shape index (κ2) is 6.35. The molecule has 2 heterocycles. The minimum atomic E-state index is -0.442. The molecule has 1 N–H and O–H groups in total. The van der Waals surface area contributed by atoms with Gasteiger partial charge in [0.2, 0.25) is 5.88 Å². The normalized spacial score (nSPS) is 16.3. The van der Waals surface area contributed by atoms with Crippen LogP contribution in [0.2, 0.25) is 0 Å². The number of nitrogens with zero attached hydrogens (tertiary/aromatic N) is 1. The van der Waals surface area contributed by atoms with Gasteiger partial charge in [-0.25, -0.2) is 9.78 Å². The molecule has 1 aromatic heterocycles. The second-order valence-corrected chi connectivity index (χ2v) is 4.36. The molecule has 1 aliphatic heterocycles. The summed E-state index contributed by atoms with van der Waals surface area (Å²) in [6.45, 7) is 2.74. The summed E-state index contributed by atoms with van der Waals surface area (Å²) in [5, 5.41) is 3.31. The Kier molecular flexibility index (Phi) is 4.52. The molecule has 2 rings (SSSR count). The van der Waals surface area contributed by atoms with Crippen LogP contribution < -0.4 is 10.1 Å². The molecule has 1 saturated heterocycles. The van der Waals surface area contributed by atoms with E-state index in [1.165, 1.54) is 7.11 Å². The van der Waals surface area contributed by atoms with E-state index in [0.29, 0.717) is 18.4 Å². The number of methoxy groups -OCH3 is 1. The molecule has 0 unspecified atom stereocenters. The summed E-state index contributed by atoms with van der Waals surface area (Å²) in [7, 11) is 1.34. The van der Waals surface area contributed by atoms with Crippen molar-refractivity contribution >= 4 is 5.97 Å². The van der Waals surface area contributed by atoms with E-state index in [9.17, 15) is 4.79 Å². The zero-order valence-electron chi connectivity index (χ0n) is 10.5. The first kappa shape index (κ1) is 12.8. The van der Waals surface area contributed by atoms with Gasteiger partial charge in [-0.2, -0.15) is 0 Å². The Morgan fingerprint density at radius 2 is 2.22 bits per heavy atom. The molecule has 0 amide bonds. The largest absolute Gasteiger partial charge is 0.477 e. The quantitative estimate of drug-likeness (QED) is 0.815. The molecule has 5 nitrogen and oxygen atoms in total. The van der Waals surface area contributed by atoms with Gasteiger partial charge in [0.15, 0.2) is 5.69 Å². The third kappa shape index (κ3) is 3.43. The van der Waals surface area contributed by atoms with E-state index in [4.69, 9.17) is 4.74 Å². The first-order valence-electron chi connectivity index (χ1n) is 6.18. The van der Waals surface area contributed by atoms with E-state index in [1.54, 1.807) is 18.2 Å². The van der Waals surface area contributed by atoms with Crippen molar-refractivity contribution in [3.05, 3.63) is 23.9 Å². The van der Waals surface area contributed by atoms with Crippen molar-refractivity contribution in [1.82, 2.24) is 10.3 Å². The molecule has 0 aromatic carbocycles. The zero-order chi connectivity index (χ0) is 12.8. The zero-order valence-corrected chi connectivity index (χ0v) is 10.5. The molecule has 0 bridgehead atoms. The lowest BCUT2D eigenvalue weighted by Gasteiger charge is -2.22. The van der Waals surface area contributed by atoms with Gasteiger partial charge in [0.05, 0.1) is 13.7 Å². The Morgan fingerprint density at radius 3 is 2.94 bits per heavy atom. The monoisotopic (exact) mass is 250 g/mol. The highest BCUT2D eigenvalue weighted by molar-refractivity contribution is 5.87. The number of hydrogen-bond donors (Lipinski definition) is 1. The number of aromatic nitrogens is 1. The Balaban J connectivity index is 1.90. The third-order valence-electron chi connectivity index (χ3n) is 3.04. The number of hydrogen-bond acceptors (Lipinski definition) is 5. The van der Waals surface area contributed by atoms with E-state index < -0.39 is 5.97 Å². The van der Waals surface area contributed by atoms with Crippen LogP contribution in [0, 0.1) is 5.92 Å². The highest BCUT2D eigenvalue weighted by atomic mass is 16.5. The molecular weight excluding hydrogens is 232 g/mol. The maximum Gasteiger partial charge on any atom is 0.356 e. The summed E-state index contributed by atoms with van der Waals surface area (Å²) in [5.74, 6) is 0.605. The Hall–Kier alpha value is -1.62. The molecule has 18 heavy (non-hydrogen) atoms. The summed E-state index contributed by atoms with van der Waals surface area (Å²) >= 11 is 0. The number of carbonyl (C=O) groups excluding carboxylic acids is 1. The number of nitrogens with one attached hydrogen (secondary N) is 1. The van der Waals surface area contributed by atoms with Crippen LogP contribution in [0.4, 0.5) is 0 Å². The molecule has 0 radical (unpaired) electrons. The van der Waals surface area contributed by atoms with Gasteiger partial charge >= 0.3 is 5.97 Å². The number of esters is 1. The van der Waals surface area contributed by atoms with Gasteiger partial charge < -0.3 is 14.8 Å². The molecule has 0 atom stereocenters. The fraction of sp³-hybridized carbons (Fsp3) is 0.538.